The van der Waals surface area contributed by atoms with E-state index < -0.39 is 0 Å². The molecule has 1 amide bonds. The van der Waals surface area contributed by atoms with Gasteiger partial charge in [0.1, 0.15) is 5.82 Å². The second kappa shape index (κ2) is 7.90. The molecule has 0 atom stereocenters. The summed E-state index contributed by atoms with van der Waals surface area (Å²) in [4.78, 5) is 19.5. The van der Waals surface area contributed by atoms with Crippen LogP contribution in [-0.4, -0.2) is 36.7 Å². The van der Waals surface area contributed by atoms with Crippen molar-refractivity contribution in [3.63, 3.8) is 0 Å². The molecular formula is C13H18N4O3. The Kier molecular flexibility index (Phi) is 6.18. The van der Waals surface area contributed by atoms with E-state index in [0.29, 0.717) is 18.7 Å². The van der Waals surface area contributed by atoms with Gasteiger partial charge in [0.2, 0.25) is 0 Å². The van der Waals surface area contributed by atoms with Crippen molar-refractivity contribution in [2.75, 3.05) is 13.2 Å². The molecule has 1 aromatic rings. The zero-order chi connectivity index (χ0) is 15.0. The highest BCUT2D eigenvalue weighted by Crippen LogP contribution is 2.07. The third-order valence-corrected chi connectivity index (χ3v) is 2.46. The minimum Gasteiger partial charge on any atom is -0.461 e. The van der Waals surface area contributed by atoms with Gasteiger partial charge >= 0.3 is 0 Å². The monoisotopic (exact) mass is 278 g/mol. The Labute approximate surface area is 116 Å². The van der Waals surface area contributed by atoms with Crippen LogP contribution < -0.4 is 11.1 Å². The van der Waals surface area contributed by atoms with Crippen molar-refractivity contribution in [1.29, 1.82) is 0 Å². The molecule has 0 aliphatic rings. The highest BCUT2D eigenvalue weighted by Gasteiger charge is 2.10. The maximum absolute atomic E-state index is 11.7. The standard InChI is InChI=1S/C13H18N4O3/c1-9(13(19)16-6-4-7-18)11(14)17-12(15-2)10-5-3-8-20-10/h3,5,8,18H,2,4,6-7,14H2,1H3,(H,16,19)/b11-9+,17-12?. The average Bonchev–Trinajstić information content (AvgIpc) is 2.97. The Morgan fingerprint density at radius 1 is 1.60 bits per heavy atom. The molecule has 1 rings (SSSR count). The van der Waals surface area contributed by atoms with Crippen molar-refractivity contribution < 1.29 is 14.3 Å². The topological polar surface area (TPSA) is 113 Å². The molecule has 20 heavy (non-hydrogen) atoms. The number of carbonyl (C=O) groups excluding carboxylic acids is 1. The molecular weight excluding hydrogens is 260 g/mol. The van der Waals surface area contributed by atoms with Crippen LogP contribution in [0.5, 0.6) is 0 Å². The zero-order valence-corrected chi connectivity index (χ0v) is 11.3. The van der Waals surface area contributed by atoms with Gasteiger partial charge in [0.15, 0.2) is 11.6 Å². The van der Waals surface area contributed by atoms with Gasteiger partial charge in [-0.3, -0.25) is 4.79 Å². The van der Waals surface area contributed by atoms with E-state index in [2.05, 4.69) is 22.0 Å². The summed E-state index contributed by atoms with van der Waals surface area (Å²) in [5.41, 5.74) is 6.02. The fourth-order valence-corrected chi connectivity index (χ4v) is 1.30. The van der Waals surface area contributed by atoms with Gasteiger partial charge in [-0.25, -0.2) is 9.98 Å². The molecule has 0 aliphatic heterocycles. The summed E-state index contributed by atoms with van der Waals surface area (Å²) in [6.07, 6.45) is 1.96. The van der Waals surface area contributed by atoms with E-state index in [1.165, 1.54) is 6.26 Å². The van der Waals surface area contributed by atoms with Crippen LogP contribution in [-0.2, 0) is 4.79 Å². The molecule has 7 heteroatoms. The lowest BCUT2D eigenvalue weighted by molar-refractivity contribution is -0.117. The Hall–Kier alpha value is -2.41. The predicted octanol–water partition coefficient (Wildman–Crippen LogP) is 0.416. The number of amidine groups is 1. The molecule has 0 unspecified atom stereocenters. The van der Waals surface area contributed by atoms with Gasteiger partial charge in [-0.2, -0.15) is 0 Å². The lowest BCUT2D eigenvalue weighted by atomic mass is 10.2. The fourth-order valence-electron chi connectivity index (χ4n) is 1.30. The number of aliphatic imine (C=N–C) groups is 2. The molecule has 0 saturated carbocycles. The largest absolute Gasteiger partial charge is 0.461 e. The van der Waals surface area contributed by atoms with E-state index in [0.717, 1.165) is 0 Å². The molecule has 108 valence electrons. The summed E-state index contributed by atoms with van der Waals surface area (Å²) in [5.74, 6) is 0.305. The number of carbonyl (C=O) groups is 1. The van der Waals surface area contributed by atoms with Crippen molar-refractivity contribution in [2.24, 2.45) is 15.7 Å². The van der Waals surface area contributed by atoms with E-state index in [1.54, 1.807) is 19.1 Å². The van der Waals surface area contributed by atoms with Crippen LogP contribution in [0.4, 0.5) is 0 Å². The number of nitrogens with zero attached hydrogens (tertiary/aromatic N) is 2. The van der Waals surface area contributed by atoms with E-state index >= 15 is 0 Å². The van der Waals surface area contributed by atoms with Gasteiger partial charge < -0.3 is 20.6 Å². The number of hydrogen-bond acceptors (Lipinski definition) is 5. The van der Waals surface area contributed by atoms with Gasteiger partial charge in [0.25, 0.3) is 5.91 Å². The Morgan fingerprint density at radius 3 is 2.90 bits per heavy atom. The predicted molar refractivity (Wildman–Crippen MR) is 76.4 cm³/mol. The van der Waals surface area contributed by atoms with Crippen LogP contribution in [0.2, 0.25) is 0 Å². The summed E-state index contributed by atoms with van der Waals surface area (Å²) in [6, 6.07) is 3.35. The van der Waals surface area contributed by atoms with Crippen LogP contribution in [0, 0.1) is 0 Å². The van der Waals surface area contributed by atoms with E-state index in [1.807, 2.05) is 0 Å². The van der Waals surface area contributed by atoms with Crippen LogP contribution in [0.15, 0.2) is 44.2 Å². The lowest BCUT2D eigenvalue weighted by Gasteiger charge is -2.06. The Bertz CT molecular complexity index is 518. The van der Waals surface area contributed by atoms with Crippen molar-refractivity contribution in [2.45, 2.75) is 13.3 Å². The van der Waals surface area contributed by atoms with Crippen molar-refractivity contribution in [1.82, 2.24) is 5.32 Å². The number of hydrogen-bond donors (Lipinski definition) is 3. The molecule has 1 aromatic heterocycles. The molecule has 7 nitrogen and oxygen atoms in total. The number of amides is 1. The number of nitrogens with two attached hydrogens (primary N) is 1. The molecule has 0 fully saturated rings. The number of aliphatic hydroxyl groups is 1. The van der Waals surface area contributed by atoms with E-state index in [9.17, 15) is 4.79 Å². The highest BCUT2D eigenvalue weighted by molar-refractivity contribution is 6.00. The average molecular weight is 278 g/mol. The normalized spacial score (nSPS) is 12.8. The molecule has 1 heterocycles. The second-order valence-electron chi connectivity index (χ2n) is 3.91. The maximum atomic E-state index is 11.7. The molecule has 0 aliphatic carbocycles. The second-order valence-corrected chi connectivity index (χ2v) is 3.91. The van der Waals surface area contributed by atoms with Crippen LogP contribution in [0.1, 0.15) is 19.1 Å². The van der Waals surface area contributed by atoms with Crippen LogP contribution in [0.25, 0.3) is 0 Å². The smallest absolute Gasteiger partial charge is 0.250 e. The third kappa shape index (κ3) is 4.36. The quantitative estimate of drug-likeness (QED) is 0.303. The number of furan rings is 1. The van der Waals surface area contributed by atoms with Gasteiger partial charge in [0.05, 0.1) is 11.8 Å². The molecule has 0 saturated heterocycles. The summed E-state index contributed by atoms with van der Waals surface area (Å²) in [5, 5.41) is 11.3. The summed E-state index contributed by atoms with van der Waals surface area (Å²) < 4.78 is 5.14. The number of aliphatic hydroxyl groups excluding tert-OH is 1. The molecule has 0 bridgehead atoms. The van der Waals surface area contributed by atoms with Crippen molar-refractivity contribution in [3.05, 3.63) is 35.6 Å². The van der Waals surface area contributed by atoms with Gasteiger partial charge in [-0.15, -0.1) is 0 Å². The van der Waals surface area contributed by atoms with Crippen LogP contribution in [0.3, 0.4) is 0 Å². The third-order valence-electron chi connectivity index (χ3n) is 2.46. The number of rotatable bonds is 6. The molecule has 0 aromatic carbocycles. The Balaban J connectivity index is 2.85. The van der Waals surface area contributed by atoms with Crippen LogP contribution >= 0.6 is 0 Å². The highest BCUT2D eigenvalue weighted by atomic mass is 16.3. The first kappa shape index (κ1) is 15.6. The first-order valence-electron chi connectivity index (χ1n) is 6.04. The SMILES string of the molecule is C=NC(=N/C(N)=C(\C)C(=O)NCCCO)c1ccco1. The first-order chi connectivity index (χ1) is 9.60. The van der Waals surface area contributed by atoms with Crippen molar-refractivity contribution in [3.8, 4) is 0 Å². The van der Waals surface area contributed by atoms with Crippen molar-refractivity contribution >= 4 is 18.5 Å². The minimum absolute atomic E-state index is 0.0136. The van der Waals surface area contributed by atoms with Gasteiger partial charge in [-0.05, 0) is 32.2 Å². The zero-order valence-electron chi connectivity index (χ0n) is 11.3. The lowest BCUT2D eigenvalue weighted by Crippen LogP contribution is -2.27. The minimum atomic E-state index is -0.345. The molecule has 0 spiro atoms. The maximum Gasteiger partial charge on any atom is 0.250 e. The number of nitrogens with one attached hydrogen (secondary N) is 1. The van der Waals surface area contributed by atoms with E-state index in [-0.39, 0.29) is 29.7 Å². The summed E-state index contributed by atoms with van der Waals surface area (Å²) in [7, 11) is 0. The molecule has 4 N–H and O–H groups in total. The molecule has 0 radical (unpaired) electrons. The van der Waals surface area contributed by atoms with E-state index in [4.69, 9.17) is 15.3 Å². The summed E-state index contributed by atoms with van der Waals surface area (Å²) in [6.45, 7) is 5.32. The van der Waals surface area contributed by atoms with Gasteiger partial charge in [0, 0.05) is 13.2 Å². The summed E-state index contributed by atoms with van der Waals surface area (Å²) >= 11 is 0. The van der Waals surface area contributed by atoms with Gasteiger partial charge in [-0.1, -0.05) is 0 Å². The first-order valence-corrected chi connectivity index (χ1v) is 6.04. The Morgan fingerprint density at radius 2 is 2.35 bits per heavy atom. The fraction of sp³-hybridized carbons (Fsp3) is 0.308.